The molecule has 2 rings (SSSR count). The van der Waals surface area contributed by atoms with Crippen LogP contribution in [0.4, 0.5) is 17.1 Å². The van der Waals surface area contributed by atoms with E-state index in [0.29, 0.717) is 17.9 Å². The van der Waals surface area contributed by atoms with Crippen LogP contribution in [0.3, 0.4) is 0 Å². The lowest BCUT2D eigenvalue weighted by Crippen LogP contribution is -2.05. The highest BCUT2D eigenvalue weighted by Crippen LogP contribution is 2.26. The standard InChI is InChI=1S/C12H14N4O2S2/c13-9-2-3-11(16(17)18)10(8-9)14-4-1-6-19-12-15-5-7-20-12/h2-3,5,7-8,14H,1,4,6,13H2. The molecule has 0 unspecified atom stereocenters. The van der Waals surface area contributed by atoms with Gasteiger partial charge in [-0.05, 0) is 18.6 Å². The van der Waals surface area contributed by atoms with E-state index in [1.807, 2.05) is 5.38 Å². The summed E-state index contributed by atoms with van der Waals surface area (Å²) < 4.78 is 1.04. The first-order valence-electron chi connectivity index (χ1n) is 5.97. The van der Waals surface area contributed by atoms with Crippen molar-refractivity contribution in [3.05, 3.63) is 39.9 Å². The lowest BCUT2D eigenvalue weighted by molar-refractivity contribution is -0.383. The first kappa shape index (κ1) is 14.6. The maximum Gasteiger partial charge on any atom is 0.292 e. The highest BCUT2D eigenvalue weighted by molar-refractivity contribution is 8.00. The second kappa shape index (κ2) is 7.11. The van der Waals surface area contributed by atoms with E-state index >= 15 is 0 Å². The van der Waals surface area contributed by atoms with Gasteiger partial charge in [-0.3, -0.25) is 10.1 Å². The number of nitrogens with zero attached hydrogens (tertiary/aromatic N) is 2. The minimum atomic E-state index is -0.411. The van der Waals surface area contributed by atoms with Gasteiger partial charge in [0.25, 0.3) is 5.69 Å². The van der Waals surface area contributed by atoms with E-state index in [1.165, 1.54) is 12.1 Å². The molecule has 3 N–H and O–H groups in total. The van der Waals surface area contributed by atoms with Crippen molar-refractivity contribution in [3.8, 4) is 0 Å². The van der Waals surface area contributed by atoms with Crippen LogP contribution in [0.25, 0.3) is 0 Å². The quantitative estimate of drug-likeness (QED) is 0.268. The van der Waals surface area contributed by atoms with Crippen LogP contribution in [-0.4, -0.2) is 22.2 Å². The van der Waals surface area contributed by atoms with E-state index in [2.05, 4.69) is 10.3 Å². The minimum Gasteiger partial charge on any atom is -0.399 e. The van der Waals surface area contributed by atoms with Crippen LogP contribution in [0, 0.1) is 10.1 Å². The predicted octanol–water partition coefficient (Wildman–Crippen LogP) is 3.23. The molecule has 6 nitrogen and oxygen atoms in total. The molecule has 0 atom stereocenters. The normalized spacial score (nSPS) is 10.4. The van der Waals surface area contributed by atoms with Gasteiger partial charge in [0.15, 0.2) is 0 Å². The average Bonchev–Trinajstić information content (AvgIpc) is 2.91. The Balaban J connectivity index is 1.81. The SMILES string of the molecule is Nc1ccc([N+](=O)[O-])c(NCCCSc2nccs2)c1. The maximum absolute atomic E-state index is 10.9. The van der Waals surface area contributed by atoms with Crippen LogP contribution in [0.5, 0.6) is 0 Å². The number of thioether (sulfide) groups is 1. The van der Waals surface area contributed by atoms with Crippen molar-refractivity contribution in [2.75, 3.05) is 23.3 Å². The summed E-state index contributed by atoms with van der Waals surface area (Å²) in [7, 11) is 0. The van der Waals surface area contributed by atoms with Crippen molar-refractivity contribution in [1.82, 2.24) is 4.98 Å². The summed E-state index contributed by atoms with van der Waals surface area (Å²) in [6.45, 7) is 0.655. The minimum absolute atomic E-state index is 0.0479. The summed E-state index contributed by atoms with van der Waals surface area (Å²) in [5.74, 6) is 0.913. The number of benzene rings is 1. The van der Waals surface area contributed by atoms with Crippen molar-refractivity contribution in [3.63, 3.8) is 0 Å². The molecule has 0 amide bonds. The fourth-order valence-electron chi connectivity index (χ4n) is 1.59. The molecule has 0 saturated carbocycles. The summed E-state index contributed by atoms with van der Waals surface area (Å²) in [6, 6.07) is 4.54. The molecule has 0 aliphatic rings. The van der Waals surface area contributed by atoms with Crippen LogP contribution in [0.15, 0.2) is 34.1 Å². The van der Waals surface area contributed by atoms with E-state index < -0.39 is 4.92 Å². The zero-order valence-electron chi connectivity index (χ0n) is 10.6. The maximum atomic E-state index is 10.9. The molecular weight excluding hydrogens is 296 g/mol. The van der Waals surface area contributed by atoms with Crippen molar-refractivity contribution in [2.24, 2.45) is 0 Å². The van der Waals surface area contributed by atoms with E-state index in [1.54, 1.807) is 35.4 Å². The molecule has 0 aliphatic heterocycles. The molecule has 1 aromatic heterocycles. The molecule has 8 heteroatoms. The number of aromatic nitrogens is 1. The molecule has 1 heterocycles. The van der Waals surface area contributed by atoms with Gasteiger partial charge >= 0.3 is 0 Å². The lowest BCUT2D eigenvalue weighted by Gasteiger charge is -2.07. The summed E-state index contributed by atoms with van der Waals surface area (Å²) in [5.41, 5.74) is 6.67. The third-order valence-electron chi connectivity index (χ3n) is 2.49. The smallest absolute Gasteiger partial charge is 0.292 e. The van der Waals surface area contributed by atoms with Crippen LogP contribution >= 0.6 is 23.1 Å². The third kappa shape index (κ3) is 4.10. The topological polar surface area (TPSA) is 94.1 Å². The van der Waals surface area contributed by atoms with Crippen molar-refractivity contribution >= 4 is 40.2 Å². The van der Waals surface area contributed by atoms with Gasteiger partial charge in [0.05, 0.1) is 4.92 Å². The highest BCUT2D eigenvalue weighted by atomic mass is 32.2. The lowest BCUT2D eigenvalue weighted by atomic mass is 10.2. The number of nitro benzene ring substituents is 1. The van der Waals surface area contributed by atoms with Crippen molar-refractivity contribution < 1.29 is 4.92 Å². The third-order valence-corrected chi connectivity index (χ3v) is 4.54. The molecule has 1 aromatic carbocycles. The zero-order chi connectivity index (χ0) is 14.4. The van der Waals surface area contributed by atoms with Crippen molar-refractivity contribution in [1.29, 1.82) is 0 Å². The summed E-state index contributed by atoms with van der Waals surface area (Å²) in [6.07, 6.45) is 2.66. The van der Waals surface area contributed by atoms with Gasteiger partial charge in [0.2, 0.25) is 0 Å². The molecule has 20 heavy (non-hydrogen) atoms. The average molecular weight is 310 g/mol. The number of nitro groups is 1. The van der Waals surface area contributed by atoms with Gasteiger partial charge in [0.1, 0.15) is 10.0 Å². The van der Waals surface area contributed by atoms with Crippen LogP contribution in [0.1, 0.15) is 6.42 Å². The Morgan fingerprint density at radius 2 is 2.35 bits per heavy atom. The Hall–Kier alpha value is -1.80. The number of anilines is 2. The van der Waals surface area contributed by atoms with Gasteiger partial charge < -0.3 is 11.1 Å². The van der Waals surface area contributed by atoms with E-state index in [9.17, 15) is 10.1 Å². The molecule has 0 fully saturated rings. The van der Waals surface area contributed by atoms with E-state index in [0.717, 1.165) is 16.5 Å². The largest absolute Gasteiger partial charge is 0.399 e. The van der Waals surface area contributed by atoms with E-state index in [-0.39, 0.29) is 5.69 Å². The number of thiazole rings is 1. The molecule has 2 aromatic rings. The van der Waals surface area contributed by atoms with Gasteiger partial charge in [-0.15, -0.1) is 11.3 Å². The molecule has 0 aliphatic carbocycles. The molecular formula is C12H14N4O2S2. The Morgan fingerprint density at radius 3 is 3.05 bits per heavy atom. The van der Waals surface area contributed by atoms with Crippen LogP contribution in [0.2, 0.25) is 0 Å². The number of nitrogen functional groups attached to an aromatic ring is 1. The zero-order valence-corrected chi connectivity index (χ0v) is 12.2. The fraction of sp³-hybridized carbons (Fsp3) is 0.250. The molecule has 0 bridgehead atoms. The van der Waals surface area contributed by atoms with Crippen molar-refractivity contribution in [2.45, 2.75) is 10.8 Å². The van der Waals surface area contributed by atoms with Gasteiger partial charge in [0, 0.05) is 35.6 Å². The van der Waals surface area contributed by atoms with Gasteiger partial charge in [-0.1, -0.05) is 11.8 Å². The number of hydrogen-bond acceptors (Lipinski definition) is 7. The monoisotopic (exact) mass is 310 g/mol. The number of rotatable bonds is 7. The Labute approximate surface area is 124 Å². The number of nitrogens with one attached hydrogen (secondary N) is 1. The Morgan fingerprint density at radius 1 is 1.50 bits per heavy atom. The fourth-order valence-corrected chi connectivity index (χ4v) is 3.24. The van der Waals surface area contributed by atoms with Crippen LogP contribution < -0.4 is 11.1 Å². The van der Waals surface area contributed by atoms with Crippen LogP contribution in [-0.2, 0) is 0 Å². The Bertz CT molecular complexity index is 575. The predicted molar refractivity (Wildman–Crippen MR) is 83.5 cm³/mol. The Kier molecular flexibility index (Phi) is 5.19. The van der Waals surface area contributed by atoms with Gasteiger partial charge in [-0.25, -0.2) is 4.98 Å². The summed E-state index contributed by atoms with van der Waals surface area (Å²) in [5, 5.41) is 15.9. The molecule has 0 saturated heterocycles. The first-order valence-corrected chi connectivity index (χ1v) is 7.83. The highest BCUT2D eigenvalue weighted by Gasteiger charge is 2.12. The second-order valence-electron chi connectivity index (χ2n) is 3.96. The van der Waals surface area contributed by atoms with Gasteiger partial charge in [-0.2, -0.15) is 0 Å². The number of hydrogen-bond donors (Lipinski definition) is 2. The van der Waals surface area contributed by atoms with E-state index in [4.69, 9.17) is 5.73 Å². The first-order chi connectivity index (χ1) is 9.66. The molecule has 106 valence electrons. The summed E-state index contributed by atoms with van der Waals surface area (Å²) in [4.78, 5) is 14.7. The molecule has 0 spiro atoms. The molecule has 0 radical (unpaired) electrons. The second-order valence-corrected chi connectivity index (χ2v) is 6.20. The number of nitrogens with two attached hydrogens (primary N) is 1. The summed E-state index contributed by atoms with van der Waals surface area (Å²) >= 11 is 3.30.